The summed E-state index contributed by atoms with van der Waals surface area (Å²) in [5.74, 6) is 0.627. The van der Waals surface area contributed by atoms with Crippen LogP contribution in [0.3, 0.4) is 0 Å². The molecular weight excluding hydrogens is 250 g/mol. The first-order valence-corrected chi connectivity index (χ1v) is 7.03. The van der Waals surface area contributed by atoms with Gasteiger partial charge in [-0.2, -0.15) is 0 Å². The number of imidazole rings is 1. The first kappa shape index (κ1) is 12.8. The number of hydrogen-bond acceptors (Lipinski definition) is 3. The summed E-state index contributed by atoms with van der Waals surface area (Å²) in [5.41, 5.74) is 2.28. The molecule has 2 N–H and O–H groups in total. The number of benzene rings is 1. The van der Waals surface area contributed by atoms with Crippen LogP contribution in [0, 0.1) is 13.8 Å². The van der Waals surface area contributed by atoms with Crippen LogP contribution >= 0.6 is 0 Å². The Kier molecular flexibility index (Phi) is 3.23. The number of primary sulfonamides is 1. The van der Waals surface area contributed by atoms with Crippen LogP contribution in [0.4, 0.5) is 0 Å². The molecule has 0 fully saturated rings. The molecule has 2 rings (SSSR count). The Balaban J connectivity index is 2.37. The van der Waals surface area contributed by atoms with Gasteiger partial charge in [0.25, 0.3) is 10.0 Å². The summed E-state index contributed by atoms with van der Waals surface area (Å²) in [6.07, 6.45) is 1.47. The lowest BCUT2D eigenvalue weighted by molar-refractivity contribution is 0.594. The van der Waals surface area contributed by atoms with Gasteiger partial charge >= 0.3 is 0 Å². The van der Waals surface area contributed by atoms with Gasteiger partial charge in [0.15, 0.2) is 5.03 Å². The predicted octanol–water partition coefficient (Wildman–Crippen LogP) is 1.20. The van der Waals surface area contributed by atoms with Gasteiger partial charge in [-0.3, -0.25) is 0 Å². The van der Waals surface area contributed by atoms with E-state index in [9.17, 15) is 8.42 Å². The third-order valence-electron chi connectivity index (χ3n) is 2.85. The van der Waals surface area contributed by atoms with Crippen LogP contribution in [-0.4, -0.2) is 18.0 Å². The summed E-state index contributed by atoms with van der Waals surface area (Å²) in [6, 6.07) is 7.94. The number of nitrogens with zero attached hydrogens (tertiary/aromatic N) is 2. The topological polar surface area (TPSA) is 78.0 Å². The number of rotatable bonds is 3. The SMILES string of the molecule is Cc1ccccc1Cn1cc(S(N)(=O)=O)nc1C. The number of aryl methyl sites for hydroxylation is 2. The zero-order chi connectivity index (χ0) is 13.3. The Labute approximate surface area is 106 Å². The fourth-order valence-corrected chi connectivity index (χ4v) is 2.28. The van der Waals surface area contributed by atoms with Gasteiger partial charge in [0.05, 0.1) is 0 Å². The number of nitrogens with two attached hydrogens (primary N) is 1. The van der Waals surface area contributed by atoms with Crippen LogP contribution in [0.25, 0.3) is 0 Å². The molecule has 0 aliphatic heterocycles. The molecule has 0 aliphatic rings. The maximum absolute atomic E-state index is 11.2. The molecule has 5 nitrogen and oxygen atoms in total. The largest absolute Gasteiger partial charge is 0.329 e. The molecule has 0 bridgehead atoms. The second-order valence-corrected chi connectivity index (χ2v) is 5.73. The van der Waals surface area contributed by atoms with Crippen molar-refractivity contribution in [2.24, 2.45) is 5.14 Å². The van der Waals surface area contributed by atoms with Crippen molar-refractivity contribution in [1.29, 1.82) is 0 Å². The molecule has 0 saturated heterocycles. The van der Waals surface area contributed by atoms with E-state index in [4.69, 9.17) is 5.14 Å². The first-order valence-electron chi connectivity index (χ1n) is 5.49. The lowest BCUT2D eigenvalue weighted by atomic mass is 10.1. The van der Waals surface area contributed by atoms with Gasteiger partial charge in [-0.1, -0.05) is 24.3 Å². The smallest absolute Gasteiger partial charge is 0.257 e. The molecule has 2 aromatic rings. The summed E-state index contributed by atoms with van der Waals surface area (Å²) in [4.78, 5) is 3.96. The minimum absolute atomic E-state index is 0.0893. The van der Waals surface area contributed by atoms with Crippen molar-refractivity contribution in [3.8, 4) is 0 Å². The minimum atomic E-state index is -3.74. The van der Waals surface area contributed by atoms with Gasteiger partial charge < -0.3 is 4.57 Å². The lowest BCUT2D eigenvalue weighted by Crippen LogP contribution is -2.12. The molecule has 0 saturated carbocycles. The maximum atomic E-state index is 11.2. The third-order valence-corrected chi connectivity index (χ3v) is 3.63. The first-order chi connectivity index (χ1) is 8.38. The molecule has 1 aromatic carbocycles. The van der Waals surface area contributed by atoms with E-state index in [0.717, 1.165) is 11.1 Å². The van der Waals surface area contributed by atoms with Crippen molar-refractivity contribution in [3.63, 3.8) is 0 Å². The molecule has 18 heavy (non-hydrogen) atoms. The highest BCUT2D eigenvalue weighted by Crippen LogP contribution is 2.13. The van der Waals surface area contributed by atoms with Crippen molar-refractivity contribution >= 4 is 10.0 Å². The molecule has 1 heterocycles. The Morgan fingerprint density at radius 2 is 1.94 bits per heavy atom. The van der Waals surface area contributed by atoms with Gasteiger partial charge in [-0.05, 0) is 25.0 Å². The van der Waals surface area contributed by atoms with Crippen LogP contribution in [0.5, 0.6) is 0 Å². The standard InChI is InChI=1S/C12H15N3O2S/c1-9-5-3-4-6-11(9)7-15-8-12(14-10(15)2)18(13,16)17/h3-6,8H,7H2,1-2H3,(H2,13,16,17). The Bertz CT molecular complexity index is 674. The fraction of sp³-hybridized carbons (Fsp3) is 0.250. The molecule has 0 atom stereocenters. The zero-order valence-corrected chi connectivity index (χ0v) is 11.1. The Morgan fingerprint density at radius 3 is 2.50 bits per heavy atom. The van der Waals surface area contributed by atoms with Gasteiger partial charge in [-0.25, -0.2) is 18.5 Å². The molecule has 0 unspecified atom stereocenters. The van der Waals surface area contributed by atoms with Crippen LogP contribution in [0.2, 0.25) is 0 Å². The number of aromatic nitrogens is 2. The van der Waals surface area contributed by atoms with E-state index in [1.165, 1.54) is 6.20 Å². The third kappa shape index (κ3) is 2.60. The molecule has 96 valence electrons. The summed E-state index contributed by atoms with van der Waals surface area (Å²) in [5, 5.41) is 4.97. The molecule has 0 radical (unpaired) electrons. The van der Waals surface area contributed by atoms with Crippen LogP contribution < -0.4 is 5.14 Å². The van der Waals surface area contributed by atoms with Gasteiger partial charge in [0.2, 0.25) is 0 Å². The lowest BCUT2D eigenvalue weighted by Gasteiger charge is -2.07. The number of sulfonamides is 1. The summed E-state index contributed by atoms with van der Waals surface area (Å²) in [6.45, 7) is 4.36. The van der Waals surface area contributed by atoms with E-state index in [2.05, 4.69) is 4.98 Å². The molecule has 0 amide bonds. The highest BCUT2D eigenvalue weighted by molar-refractivity contribution is 7.89. The normalized spacial score (nSPS) is 11.7. The van der Waals surface area contributed by atoms with Crippen LogP contribution in [0.1, 0.15) is 17.0 Å². The maximum Gasteiger partial charge on any atom is 0.257 e. The van der Waals surface area contributed by atoms with E-state index in [0.29, 0.717) is 12.4 Å². The average molecular weight is 265 g/mol. The highest BCUT2D eigenvalue weighted by Gasteiger charge is 2.14. The van der Waals surface area contributed by atoms with Crippen molar-refractivity contribution in [3.05, 3.63) is 47.4 Å². The molecular formula is C12H15N3O2S. The summed E-state index contributed by atoms with van der Waals surface area (Å²) >= 11 is 0. The molecule has 1 aromatic heterocycles. The second kappa shape index (κ2) is 4.55. The van der Waals surface area contributed by atoms with E-state index < -0.39 is 10.0 Å². The molecule has 0 aliphatic carbocycles. The van der Waals surface area contributed by atoms with E-state index in [1.54, 1.807) is 11.5 Å². The van der Waals surface area contributed by atoms with E-state index >= 15 is 0 Å². The van der Waals surface area contributed by atoms with Crippen molar-refractivity contribution in [2.75, 3.05) is 0 Å². The predicted molar refractivity (Wildman–Crippen MR) is 68.6 cm³/mol. The van der Waals surface area contributed by atoms with Gasteiger partial charge in [0.1, 0.15) is 5.82 Å². The van der Waals surface area contributed by atoms with Crippen molar-refractivity contribution in [1.82, 2.24) is 9.55 Å². The van der Waals surface area contributed by atoms with Gasteiger partial charge in [0, 0.05) is 12.7 Å². The highest BCUT2D eigenvalue weighted by atomic mass is 32.2. The Morgan fingerprint density at radius 1 is 1.28 bits per heavy atom. The second-order valence-electron chi connectivity index (χ2n) is 4.23. The Hall–Kier alpha value is -1.66. The van der Waals surface area contributed by atoms with Crippen LogP contribution in [0.15, 0.2) is 35.5 Å². The molecule has 6 heteroatoms. The van der Waals surface area contributed by atoms with E-state index in [1.807, 2.05) is 31.2 Å². The quantitative estimate of drug-likeness (QED) is 0.905. The van der Waals surface area contributed by atoms with E-state index in [-0.39, 0.29) is 5.03 Å². The number of hydrogen-bond donors (Lipinski definition) is 1. The summed E-state index contributed by atoms with van der Waals surface area (Å²) in [7, 11) is -3.74. The van der Waals surface area contributed by atoms with Gasteiger partial charge in [-0.15, -0.1) is 0 Å². The zero-order valence-electron chi connectivity index (χ0n) is 10.3. The fourth-order valence-electron chi connectivity index (χ4n) is 1.75. The molecule has 0 spiro atoms. The van der Waals surface area contributed by atoms with Crippen molar-refractivity contribution in [2.45, 2.75) is 25.4 Å². The summed E-state index contributed by atoms with van der Waals surface area (Å²) < 4.78 is 24.2. The van der Waals surface area contributed by atoms with Crippen LogP contribution in [-0.2, 0) is 16.6 Å². The van der Waals surface area contributed by atoms with Crippen molar-refractivity contribution < 1.29 is 8.42 Å². The minimum Gasteiger partial charge on any atom is -0.329 e. The monoisotopic (exact) mass is 265 g/mol. The average Bonchev–Trinajstić information content (AvgIpc) is 2.63.